The first-order valence-electron chi connectivity index (χ1n) is 11.5. The minimum absolute atomic E-state index is 0.0331. The number of sulfonamides is 1. The number of nitrogens with zero attached hydrogens (tertiary/aromatic N) is 2. The molecule has 4 aliphatic carbocycles. The SMILES string of the molecule is COc1ccc(S(=O)(=O)N2CCN(CC(=O)NC34CC5CC(CC(C5)C3)C4)CC2)cc1. The summed E-state index contributed by atoms with van der Waals surface area (Å²) in [5.41, 5.74) is 0.0331. The van der Waals surface area contributed by atoms with Crippen molar-refractivity contribution in [3.8, 4) is 5.75 Å². The number of carbonyl (C=O) groups is 1. The number of carbonyl (C=O) groups excluding carboxylic acids is 1. The van der Waals surface area contributed by atoms with Crippen LogP contribution in [0.25, 0.3) is 0 Å². The van der Waals surface area contributed by atoms with Gasteiger partial charge in [0.05, 0.1) is 18.6 Å². The van der Waals surface area contributed by atoms with Crippen LogP contribution in [-0.2, 0) is 14.8 Å². The van der Waals surface area contributed by atoms with Gasteiger partial charge in [0.25, 0.3) is 0 Å². The van der Waals surface area contributed by atoms with Gasteiger partial charge in [-0.3, -0.25) is 9.69 Å². The molecule has 5 fully saturated rings. The largest absolute Gasteiger partial charge is 0.497 e. The third kappa shape index (κ3) is 4.22. The molecule has 1 aromatic rings. The van der Waals surface area contributed by atoms with E-state index in [1.165, 1.54) is 23.6 Å². The topological polar surface area (TPSA) is 79.0 Å². The summed E-state index contributed by atoms with van der Waals surface area (Å²) in [5.74, 6) is 3.15. The molecule has 1 saturated heterocycles. The molecule has 5 aliphatic rings. The van der Waals surface area contributed by atoms with Crippen LogP contribution in [0.3, 0.4) is 0 Å². The molecule has 0 atom stereocenters. The molecule has 0 unspecified atom stereocenters. The molecule has 1 N–H and O–H groups in total. The summed E-state index contributed by atoms with van der Waals surface area (Å²) in [6.45, 7) is 2.31. The van der Waals surface area contributed by atoms with Crippen molar-refractivity contribution in [2.75, 3.05) is 39.8 Å². The van der Waals surface area contributed by atoms with E-state index in [2.05, 4.69) is 10.2 Å². The lowest BCUT2D eigenvalue weighted by Crippen LogP contribution is -2.61. The van der Waals surface area contributed by atoms with E-state index in [0.717, 1.165) is 37.0 Å². The van der Waals surface area contributed by atoms with E-state index in [-0.39, 0.29) is 16.3 Å². The van der Waals surface area contributed by atoms with Crippen LogP contribution in [0.5, 0.6) is 5.75 Å². The van der Waals surface area contributed by atoms with Crippen LogP contribution >= 0.6 is 0 Å². The zero-order valence-electron chi connectivity index (χ0n) is 18.3. The van der Waals surface area contributed by atoms with Crippen molar-refractivity contribution >= 4 is 15.9 Å². The van der Waals surface area contributed by atoms with Crippen LogP contribution in [0.4, 0.5) is 0 Å². The van der Waals surface area contributed by atoms with Gasteiger partial charge in [-0.25, -0.2) is 8.42 Å². The van der Waals surface area contributed by atoms with Crippen molar-refractivity contribution in [3.63, 3.8) is 0 Å². The maximum Gasteiger partial charge on any atom is 0.243 e. The van der Waals surface area contributed by atoms with E-state index in [0.29, 0.717) is 38.5 Å². The predicted octanol–water partition coefficient (Wildman–Crippen LogP) is 2.09. The first-order chi connectivity index (χ1) is 14.8. The summed E-state index contributed by atoms with van der Waals surface area (Å²) in [6.07, 6.45) is 7.54. The van der Waals surface area contributed by atoms with E-state index in [1.54, 1.807) is 31.4 Å². The minimum Gasteiger partial charge on any atom is -0.497 e. The van der Waals surface area contributed by atoms with Gasteiger partial charge in [0.2, 0.25) is 15.9 Å². The highest BCUT2D eigenvalue weighted by Crippen LogP contribution is 2.55. The van der Waals surface area contributed by atoms with E-state index < -0.39 is 10.0 Å². The molecule has 1 aliphatic heterocycles. The lowest BCUT2D eigenvalue weighted by atomic mass is 9.53. The predicted molar refractivity (Wildman–Crippen MR) is 117 cm³/mol. The van der Waals surface area contributed by atoms with Crippen molar-refractivity contribution in [1.29, 1.82) is 0 Å². The van der Waals surface area contributed by atoms with Crippen LogP contribution in [0.2, 0.25) is 0 Å². The highest BCUT2D eigenvalue weighted by Gasteiger charge is 2.51. The number of amides is 1. The van der Waals surface area contributed by atoms with Gasteiger partial charge in [-0.15, -0.1) is 0 Å². The first kappa shape index (κ1) is 21.2. The zero-order chi connectivity index (χ0) is 21.6. The van der Waals surface area contributed by atoms with Crippen LogP contribution in [0.1, 0.15) is 38.5 Å². The molecule has 31 heavy (non-hydrogen) atoms. The number of benzene rings is 1. The number of nitrogens with one attached hydrogen (secondary N) is 1. The normalized spacial score (nSPS) is 33.4. The Balaban J connectivity index is 1.14. The third-order valence-electron chi connectivity index (χ3n) is 7.84. The van der Waals surface area contributed by atoms with Crippen LogP contribution in [0.15, 0.2) is 29.2 Å². The van der Waals surface area contributed by atoms with Crippen molar-refractivity contribution in [1.82, 2.24) is 14.5 Å². The molecule has 0 spiro atoms. The summed E-state index contributed by atoms with van der Waals surface area (Å²) in [7, 11) is -1.97. The zero-order valence-corrected chi connectivity index (χ0v) is 19.1. The Bertz CT molecular complexity index is 887. The number of piperazine rings is 1. The Labute approximate surface area is 185 Å². The van der Waals surface area contributed by atoms with Crippen LogP contribution in [-0.4, -0.2) is 68.9 Å². The summed E-state index contributed by atoms with van der Waals surface area (Å²) < 4.78 is 32.5. The molecule has 8 heteroatoms. The molecule has 4 saturated carbocycles. The highest BCUT2D eigenvalue weighted by molar-refractivity contribution is 7.89. The maximum absolute atomic E-state index is 12.9. The van der Waals surface area contributed by atoms with Gasteiger partial charge in [-0.2, -0.15) is 4.31 Å². The Morgan fingerprint density at radius 1 is 1.00 bits per heavy atom. The summed E-state index contributed by atoms with van der Waals surface area (Å²) in [4.78, 5) is 15.2. The second-order valence-electron chi connectivity index (χ2n) is 10.1. The second-order valence-corrected chi connectivity index (χ2v) is 12.0. The molecule has 0 aromatic heterocycles. The van der Waals surface area contributed by atoms with Crippen molar-refractivity contribution < 1.29 is 17.9 Å². The van der Waals surface area contributed by atoms with Gasteiger partial charge in [0, 0.05) is 31.7 Å². The van der Waals surface area contributed by atoms with Crippen molar-refractivity contribution in [2.24, 2.45) is 17.8 Å². The Morgan fingerprint density at radius 3 is 2.06 bits per heavy atom. The molecule has 0 radical (unpaired) electrons. The third-order valence-corrected chi connectivity index (χ3v) is 9.75. The van der Waals surface area contributed by atoms with Crippen molar-refractivity contribution in [3.05, 3.63) is 24.3 Å². The average molecular weight is 448 g/mol. The second kappa shape index (κ2) is 8.05. The number of methoxy groups -OCH3 is 1. The van der Waals surface area contributed by atoms with Gasteiger partial charge in [0.15, 0.2) is 0 Å². The first-order valence-corrected chi connectivity index (χ1v) is 13.0. The standard InChI is InChI=1S/C23H33N3O4S/c1-30-20-2-4-21(5-3-20)31(28,29)26-8-6-25(7-9-26)16-22(27)24-23-13-17-10-18(14-23)12-19(11-17)15-23/h2-5,17-19H,6-16H2,1H3,(H,24,27). The van der Waals surface area contributed by atoms with Crippen molar-refractivity contribution in [2.45, 2.75) is 49.0 Å². The molecule has 6 rings (SSSR count). The molecule has 170 valence electrons. The lowest BCUT2D eigenvalue weighted by Gasteiger charge is -2.57. The Hall–Kier alpha value is -1.64. The number of rotatable bonds is 6. The molecular formula is C23H33N3O4S. The average Bonchev–Trinajstić information content (AvgIpc) is 2.72. The van der Waals surface area contributed by atoms with Gasteiger partial charge in [-0.05, 0) is 80.5 Å². The maximum atomic E-state index is 12.9. The van der Waals surface area contributed by atoms with Gasteiger partial charge < -0.3 is 10.1 Å². The molecule has 4 bridgehead atoms. The number of ether oxygens (including phenoxy) is 1. The molecular weight excluding hydrogens is 414 g/mol. The molecule has 1 amide bonds. The summed E-state index contributed by atoms with van der Waals surface area (Å²) >= 11 is 0. The fourth-order valence-electron chi connectivity index (χ4n) is 6.83. The van der Waals surface area contributed by atoms with E-state index in [1.807, 2.05) is 0 Å². The van der Waals surface area contributed by atoms with Crippen LogP contribution < -0.4 is 10.1 Å². The quantitative estimate of drug-likeness (QED) is 0.722. The number of hydrogen-bond donors (Lipinski definition) is 1. The number of hydrogen-bond acceptors (Lipinski definition) is 5. The van der Waals surface area contributed by atoms with Gasteiger partial charge in [-0.1, -0.05) is 0 Å². The Kier molecular flexibility index (Phi) is 5.51. The highest BCUT2D eigenvalue weighted by atomic mass is 32.2. The van der Waals surface area contributed by atoms with E-state index >= 15 is 0 Å². The fourth-order valence-corrected chi connectivity index (χ4v) is 8.25. The summed E-state index contributed by atoms with van der Waals surface area (Å²) in [6, 6.07) is 6.49. The molecule has 1 heterocycles. The van der Waals surface area contributed by atoms with Gasteiger partial charge >= 0.3 is 0 Å². The van der Waals surface area contributed by atoms with Gasteiger partial charge in [0.1, 0.15) is 5.75 Å². The molecule has 1 aromatic carbocycles. The fraction of sp³-hybridized carbons (Fsp3) is 0.696. The van der Waals surface area contributed by atoms with E-state index in [9.17, 15) is 13.2 Å². The van der Waals surface area contributed by atoms with Crippen LogP contribution in [0, 0.1) is 17.8 Å². The smallest absolute Gasteiger partial charge is 0.243 e. The van der Waals surface area contributed by atoms with E-state index in [4.69, 9.17) is 4.74 Å². The molecule has 7 nitrogen and oxygen atoms in total. The Morgan fingerprint density at radius 2 is 1.55 bits per heavy atom. The minimum atomic E-state index is -3.52. The summed E-state index contributed by atoms with van der Waals surface area (Å²) in [5, 5.41) is 3.43. The monoisotopic (exact) mass is 447 g/mol. The lowest BCUT2D eigenvalue weighted by molar-refractivity contribution is -0.128.